The molecule has 2 aromatic rings. The molecule has 4 N–H and O–H groups in total. The summed E-state index contributed by atoms with van der Waals surface area (Å²) in [7, 11) is 3.47. The predicted molar refractivity (Wildman–Crippen MR) is 79.1 cm³/mol. The van der Waals surface area contributed by atoms with Crippen molar-refractivity contribution < 1.29 is 4.79 Å². The van der Waals surface area contributed by atoms with Gasteiger partial charge in [0, 0.05) is 32.4 Å². The number of fused-ring (bicyclic) bond motifs is 1. The number of hydrogen-bond donors (Lipinski definition) is 3. The zero-order valence-electron chi connectivity index (χ0n) is 11.6. The van der Waals surface area contributed by atoms with Crippen molar-refractivity contribution in [3.05, 3.63) is 24.3 Å². The van der Waals surface area contributed by atoms with Gasteiger partial charge in [0.05, 0.1) is 5.52 Å². The second kappa shape index (κ2) is 6.16. The van der Waals surface area contributed by atoms with Gasteiger partial charge in [-0.05, 0) is 12.1 Å². The molecule has 0 unspecified atom stereocenters. The highest BCUT2D eigenvalue weighted by Gasteiger charge is 2.08. The number of benzene rings is 1. The van der Waals surface area contributed by atoms with Crippen LogP contribution in [0.4, 0.5) is 11.8 Å². The first-order valence-electron chi connectivity index (χ1n) is 6.29. The van der Waals surface area contributed by atoms with E-state index in [0.717, 1.165) is 10.9 Å². The first-order valence-corrected chi connectivity index (χ1v) is 6.29. The second-order valence-electron chi connectivity index (χ2n) is 4.52. The number of nitrogen functional groups attached to an aromatic ring is 1. The van der Waals surface area contributed by atoms with Gasteiger partial charge in [-0.15, -0.1) is 0 Å². The molecular formula is C13H18N6O. The average molecular weight is 274 g/mol. The second-order valence-corrected chi connectivity index (χ2v) is 4.52. The van der Waals surface area contributed by atoms with E-state index < -0.39 is 0 Å². The highest BCUT2D eigenvalue weighted by Crippen LogP contribution is 2.21. The van der Waals surface area contributed by atoms with Crippen LogP contribution in [-0.2, 0) is 4.79 Å². The standard InChI is InChI=1S/C13H18N6O/c1-19(2)11(20)7-8-15-12-9-5-3-4-6-10(9)16-13(17-12)18-14/h3-6H,7-8,14H2,1-2H3,(H2,15,16,17,18). The van der Waals surface area contributed by atoms with E-state index in [1.807, 2.05) is 24.3 Å². The molecule has 1 aromatic carbocycles. The SMILES string of the molecule is CN(C)C(=O)CCNc1nc(NN)nc2ccccc12. The third-order valence-electron chi connectivity index (χ3n) is 2.86. The van der Waals surface area contributed by atoms with E-state index in [9.17, 15) is 4.79 Å². The molecule has 0 atom stereocenters. The molecule has 0 spiro atoms. The van der Waals surface area contributed by atoms with Gasteiger partial charge in [0.2, 0.25) is 11.9 Å². The maximum absolute atomic E-state index is 11.5. The number of rotatable bonds is 5. The van der Waals surface area contributed by atoms with Crippen LogP contribution in [0.2, 0.25) is 0 Å². The molecule has 0 radical (unpaired) electrons. The Morgan fingerprint density at radius 2 is 2.05 bits per heavy atom. The zero-order chi connectivity index (χ0) is 14.5. The molecule has 106 valence electrons. The molecular weight excluding hydrogens is 256 g/mol. The summed E-state index contributed by atoms with van der Waals surface area (Å²) in [6, 6.07) is 7.62. The number of hydrogen-bond acceptors (Lipinski definition) is 6. The van der Waals surface area contributed by atoms with Crippen LogP contribution in [0.15, 0.2) is 24.3 Å². The Morgan fingerprint density at radius 3 is 2.75 bits per heavy atom. The Hall–Kier alpha value is -2.41. The number of hydrazine groups is 1. The number of nitrogens with two attached hydrogens (primary N) is 1. The number of amides is 1. The van der Waals surface area contributed by atoms with Crippen LogP contribution >= 0.6 is 0 Å². The van der Waals surface area contributed by atoms with Crippen LogP contribution in [0, 0.1) is 0 Å². The van der Waals surface area contributed by atoms with Crippen molar-refractivity contribution in [3.63, 3.8) is 0 Å². The van der Waals surface area contributed by atoms with Gasteiger partial charge in [-0.3, -0.25) is 10.2 Å². The van der Waals surface area contributed by atoms with Crippen LogP contribution in [0.25, 0.3) is 10.9 Å². The van der Waals surface area contributed by atoms with Crippen molar-refractivity contribution in [2.75, 3.05) is 31.4 Å². The molecule has 0 saturated heterocycles. The average Bonchev–Trinajstić information content (AvgIpc) is 2.46. The smallest absolute Gasteiger partial charge is 0.239 e. The summed E-state index contributed by atoms with van der Waals surface area (Å²) >= 11 is 0. The fourth-order valence-corrected chi connectivity index (χ4v) is 1.79. The van der Waals surface area contributed by atoms with Crippen LogP contribution < -0.4 is 16.6 Å². The van der Waals surface area contributed by atoms with E-state index in [4.69, 9.17) is 5.84 Å². The molecule has 0 aliphatic heterocycles. The van der Waals surface area contributed by atoms with Crippen LogP contribution in [0.5, 0.6) is 0 Å². The van der Waals surface area contributed by atoms with Crippen molar-refractivity contribution in [3.8, 4) is 0 Å². The van der Waals surface area contributed by atoms with E-state index in [0.29, 0.717) is 24.7 Å². The first kappa shape index (κ1) is 14.0. The number of carbonyl (C=O) groups excluding carboxylic acids is 1. The number of carbonyl (C=O) groups is 1. The van der Waals surface area contributed by atoms with Gasteiger partial charge in [0.1, 0.15) is 5.82 Å². The summed E-state index contributed by atoms with van der Waals surface area (Å²) in [5.41, 5.74) is 3.23. The number of anilines is 2. The number of para-hydroxylation sites is 1. The molecule has 2 rings (SSSR count). The van der Waals surface area contributed by atoms with Crippen molar-refractivity contribution in [2.45, 2.75) is 6.42 Å². The number of aromatic nitrogens is 2. The normalized spacial score (nSPS) is 10.3. The molecule has 1 aromatic heterocycles. The molecule has 1 heterocycles. The minimum Gasteiger partial charge on any atom is -0.369 e. The van der Waals surface area contributed by atoms with E-state index in [1.54, 1.807) is 19.0 Å². The highest BCUT2D eigenvalue weighted by atomic mass is 16.2. The Kier molecular flexibility index (Phi) is 4.31. The lowest BCUT2D eigenvalue weighted by Crippen LogP contribution is -2.24. The van der Waals surface area contributed by atoms with Gasteiger partial charge in [0.25, 0.3) is 0 Å². The van der Waals surface area contributed by atoms with E-state index >= 15 is 0 Å². The monoisotopic (exact) mass is 274 g/mol. The van der Waals surface area contributed by atoms with Gasteiger partial charge in [-0.1, -0.05) is 12.1 Å². The lowest BCUT2D eigenvalue weighted by Gasteiger charge is -2.12. The lowest BCUT2D eigenvalue weighted by molar-refractivity contribution is -0.128. The minimum absolute atomic E-state index is 0.0630. The van der Waals surface area contributed by atoms with Crippen molar-refractivity contribution in [2.24, 2.45) is 5.84 Å². The largest absolute Gasteiger partial charge is 0.369 e. The van der Waals surface area contributed by atoms with Gasteiger partial charge < -0.3 is 10.2 Å². The molecule has 1 amide bonds. The molecule has 7 nitrogen and oxygen atoms in total. The predicted octanol–water partition coefficient (Wildman–Crippen LogP) is 0.806. The molecule has 7 heteroatoms. The van der Waals surface area contributed by atoms with Crippen molar-refractivity contribution in [1.82, 2.24) is 14.9 Å². The fourth-order valence-electron chi connectivity index (χ4n) is 1.79. The van der Waals surface area contributed by atoms with Gasteiger partial charge in [-0.2, -0.15) is 4.98 Å². The topological polar surface area (TPSA) is 96.2 Å². The maximum atomic E-state index is 11.5. The zero-order valence-corrected chi connectivity index (χ0v) is 11.6. The summed E-state index contributed by atoms with van der Waals surface area (Å²) in [6.45, 7) is 0.502. The molecule has 0 bridgehead atoms. The molecule has 0 fully saturated rings. The quantitative estimate of drug-likeness (QED) is 0.551. The number of nitrogens with one attached hydrogen (secondary N) is 2. The van der Waals surface area contributed by atoms with Crippen molar-refractivity contribution >= 4 is 28.6 Å². The molecule has 0 saturated carbocycles. The summed E-state index contributed by atoms with van der Waals surface area (Å²) in [6.07, 6.45) is 0.400. The maximum Gasteiger partial charge on any atom is 0.239 e. The Labute approximate surface area is 117 Å². The van der Waals surface area contributed by atoms with Gasteiger partial charge in [-0.25, -0.2) is 10.8 Å². The molecule has 20 heavy (non-hydrogen) atoms. The number of nitrogens with zero attached hydrogens (tertiary/aromatic N) is 3. The van der Waals surface area contributed by atoms with Crippen LogP contribution in [-0.4, -0.2) is 41.4 Å². The highest BCUT2D eigenvalue weighted by molar-refractivity contribution is 5.90. The van der Waals surface area contributed by atoms with Crippen LogP contribution in [0.1, 0.15) is 6.42 Å². The Balaban J connectivity index is 2.18. The van der Waals surface area contributed by atoms with Crippen LogP contribution in [0.3, 0.4) is 0 Å². The summed E-state index contributed by atoms with van der Waals surface area (Å²) < 4.78 is 0. The summed E-state index contributed by atoms with van der Waals surface area (Å²) in [4.78, 5) is 21.6. The van der Waals surface area contributed by atoms with E-state index in [2.05, 4.69) is 20.7 Å². The van der Waals surface area contributed by atoms with Crippen molar-refractivity contribution in [1.29, 1.82) is 0 Å². The molecule has 0 aliphatic rings. The first-order chi connectivity index (χ1) is 9.61. The van der Waals surface area contributed by atoms with E-state index in [1.165, 1.54) is 0 Å². The Bertz CT molecular complexity index is 613. The summed E-state index contributed by atoms with van der Waals surface area (Å²) in [5.74, 6) is 6.43. The fraction of sp³-hybridized carbons (Fsp3) is 0.308. The summed E-state index contributed by atoms with van der Waals surface area (Å²) in [5, 5.41) is 4.05. The molecule has 0 aliphatic carbocycles. The van der Waals surface area contributed by atoms with Gasteiger partial charge >= 0.3 is 0 Å². The third kappa shape index (κ3) is 3.12. The Morgan fingerprint density at radius 1 is 1.30 bits per heavy atom. The van der Waals surface area contributed by atoms with Gasteiger partial charge in [0.15, 0.2) is 0 Å². The van der Waals surface area contributed by atoms with E-state index in [-0.39, 0.29) is 5.91 Å². The minimum atomic E-state index is 0.0630. The lowest BCUT2D eigenvalue weighted by atomic mass is 10.2. The third-order valence-corrected chi connectivity index (χ3v) is 2.86.